The number of amides is 1. The molecule has 2 aromatic rings. The van der Waals surface area contributed by atoms with Gasteiger partial charge in [0.05, 0.1) is 29.8 Å². The van der Waals surface area contributed by atoms with E-state index in [2.05, 4.69) is 0 Å². The molecule has 0 aliphatic carbocycles. The maximum atomic E-state index is 13.1. The van der Waals surface area contributed by atoms with Crippen LogP contribution < -0.4 is 9.47 Å². The fourth-order valence-electron chi connectivity index (χ4n) is 3.96. The summed E-state index contributed by atoms with van der Waals surface area (Å²) in [6.45, 7) is 4.31. The smallest absolute Gasteiger partial charge is 0.295 e. The Morgan fingerprint density at radius 3 is 2.51 bits per heavy atom. The molecule has 1 aliphatic heterocycles. The summed E-state index contributed by atoms with van der Waals surface area (Å²) in [5, 5.41) is 22.3. The summed E-state index contributed by atoms with van der Waals surface area (Å²) in [5.41, 5.74) is 0.164. The van der Waals surface area contributed by atoms with Crippen LogP contribution in [0.5, 0.6) is 11.5 Å². The Morgan fingerprint density at radius 1 is 1.14 bits per heavy atom. The van der Waals surface area contributed by atoms with Gasteiger partial charge in [0.2, 0.25) is 0 Å². The molecule has 0 saturated carbocycles. The monoisotopic (exact) mass is 484 g/mol. The minimum absolute atomic E-state index is 0.0609. The minimum atomic E-state index is -0.937. The zero-order valence-electron chi connectivity index (χ0n) is 20.0. The van der Waals surface area contributed by atoms with Crippen LogP contribution in [-0.4, -0.2) is 60.1 Å². The van der Waals surface area contributed by atoms with Gasteiger partial charge in [0.1, 0.15) is 5.76 Å². The van der Waals surface area contributed by atoms with Crippen molar-refractivity contribution in [1.29, 1.82) is 0 Å². The van der Waals surface area contributed by atoms with Crippen molar-refractivity contribution in [2.45, 2.75) is 32.4 Å². The highest BCUT2D eigenvalue weighted by molar-refractivity contribution is 6.46. The minimum Gasteiger partial charge on any atom is -0.507 e. The Bertz CT molecular complexity index is 1160. The first-order valence-electron chi connectivity index (χ1n) is 11.1. The van der Waals surface area contributed by atoms with Crippen molar-refractivity contribution in [3.8, 4) is 11.5 Å². The van der Waals surface area contributed by atoms with Gasteiger partial charge in [-0.15, -0.1) is 0 Å². The van der Waals surface area contributed by atoms with Gasteiger partial charge >= 0.3 is 0 Å². The van der Waals surface area contributed by atoms with Crippen molar-refractivity contribution in [3.63, 3.8) is 0 Å². The van der Waals surface area contributed by atoms with E-state index < -0.39 is 28.4 Å². The number of ketones is 1. The molecular weight excluding hydrogens is 456 g/mol. The molecule has 3 rings (SSSR count). The van der Waals surface area contributed by atoms with Crippen LogP contribution in [0.25, 0.3) is 5.76 Å². The fraction of sp³-hybridized carbons (Fsp3) is 0.360. The number of methoxy groups -OCH3 is 2. The van der Waals surface area contributed by atoms with Gasteiger partial charge in [-0.1, -0.05) is 18.2 Å². The van der Waals surface area contributed by atoms with Crippen molar-refractivity contribution in [3.05, 3.63) is 69.3 Å². The predicted octanol–water partition coefficient (Wildman–Crippen LogP) is 3.85. The Balaban J connectivity index is 2.17. The molecule has 1 aliphatic rings. The molecule has 0 spiro atoms. The molecule has 186 valence electrons. The van der Waals surface area contributed by atoms with Gasteiger partial charge in [-0.05, 0) is 38.0 Å². The fourth-order valence-corrected chi connectivity index (χ4v) is 3.96. The zero-order chi connectivity index (χ0) is 25.7. The first-order valence-corrected chi connectivity index (χ1v) is 11.1. The Morgan fingerprint density at radius 2 is 1.89 bits per heavy atom. The first kappa shape index (κ1) is 25.7. The third-order valence-corrected chi connectivity index (χ3v) is 5.48. The number of hydrogen-bond acceptors (Lipinski definition) is 8. The lowest BCUT2D eigenvalue weighted by Gasteiger charge is -2.26. The second-order valence-electron chi connectivity index (χ2n) is 8.22. The number of ether oxygens (including phenoxy) is 3. The summed E-state index contributed by atoms with van der Waals surface area (Å²) in [6.07, 6.45) is 0.353. The highest BCUT2D eigenvalue weighted by atomic mass is 16.6. The van der Waals surface area contributed by atoms with Crippen LogP contribution in [0.3, 0.4) is 0 Å². The van der Waals surface area contributed by atoms with Crippen LogP contribution in [0.15, 0.2) is 48.0 Å². The maximum Gasteiger partial charge on any atom is 0.295 e. The molecule has 1 atom stereocenters. The van der Waals surface area contributed by atoms with E-state index in [0.29, 0.717) is 30.1 Å². The average molecular weight is 485 g/mol. The molecule has 2 aromatic carbocycles. The molecule has 1 N–H and O–H groups in total. The third kappa shape index (κ3) is 5.43. The molecule has 1 heterocycles. The van der Waals surface area contributed by atoms with Gasteiger partial charge in [-0.25, -0.2) is 0 Å². The Hall–Kier alpha value is -3.92. The molecule has 35 heavy (non-hydrogen) atoms. The van der Waals surface area contributed by atoms with Gasteiger partial charge in [-0.2, -0.15) is 0 Å². The number of likely N-dealkylation sites (tertiary alicyclic amines) is 1. The van der Waals surface area contributed by atoms with Crippen molar-refractivity contribution in [1.82, 2.24) is 4.90 Å². The molecule has 10 heteroatoms. The van der Waals surface area contributed by atoms with E-state index in [4.69, 9.17) is 14.2 Å². The van der Waals surface area contributed by atoms with Crippen LogP contribution in [0.4, 0.5) is 5.69 Å². The number of hydrogen-bond donors (Lipinski definition) is 1. The lowest BCUT2D eigenvalue weighted by molar-refractivity contribution is -0.384. The zero-order valence-corrected chi connectivity index (χ0v) is 20.0. The Labute approximate surface area is 202 Å². The van der Waals surface area contributed by atoms with Gasteiger partial charge in [0, 0.05) is 38.0 Å². The highest BCUT2D eigenvalue weighted by Gasteiger charge is 2.46. The molecule has 1 unspecified atom stereocenters. The van der Waals surface area contributed by atoms with Crippen LogP contribution >= 0.6 is 0 Å². The van der Waals surface area contributed by atoms with Crippen molar-refractivity contribution in [2.24, 2.45) is 0 Å². The normalized spacial score (nSPS) is 17.2. The lowest BCUT2D eigenvalue weighted by Crippen LogP contribution is -2.31. The molecule has 0 bridgehead atoms. The first-order chi connectivity index (χ1) is 16.7. The number of nitro benzene ring substituents is 1. The highest BCUT2D eigenvalue weighted by Crippen LogP contribution is 2.42. The number of nitro groups is 1. The van der Waals surface area contributed by atoms with Crippen LogP contribution in [0.1, 0.15) is 37.4 Å². The van der Waals surface area contributed by atoms with E-state index in [-0.39, 0.29) is 29.5 Å². The summed E-state index contributed by atoms with van der Waals surface area (Å²) < 4.78 is 16.3. The number of carbonyl (C=O) groups excluding carboxylic acids is 2. The van der Waals surface area contributed by atoms with Crippen LogP contribution in [0.2, 0.25) is 0 Å². The van der Waals surface area contributed by atoms with Gasteiger partial charge in [-0.3, -0.25) is 19.7 Å². The van der Waals surface area contributed by atoms with E-state index in [9.17, 15) is 24.8 Å². The number of nitrogens with zero attached hydrogens (tertiary/aromatic N) is 2. The number of aliphatic hydroxyl groups is 1. The second kappa shape index (κ2) is 11.0. The van der Waals surface area contributed by atoms with E-state index in [1.54, 1.807) is 18.2 Å². The number of non-ortho nitro benzene ring substituents is 1. The number of benzene rings is 2. The molecule has 1 fully saturated rings. The van der Waals surface area contributed by atoms with Gasteiger partial charge < -0.3 is 24.2 Å². The SMILES string of the molecule is COCCCN1C(=O)C(=O)/C(=C(/O)c2cccc([N+](=O)[O-])c2)C1c1ccc(OC(C)C)c(OC)c1. The average Bonchev–Trinajstić information content (AvgIpc) is 3.08. The number of Topliss-reactive ketones (excluding diaryl/α,β-unsaturated/α-hetero) is 1. The van der Waals surface area contributed by atoms with Crippen LogP contribution in [-0.2, 0) is 14.3 Å². The lowest BCUT2D eigenvalue weighted by atomic mass is 9.94. The molecular formula is C25H28N2O8. The Kier molecular flexibility index (Phi) is 8.08. The third-order valence-electron chi connectivity index (χ3n) is 5.48. The van der Waals surface area contributed by atoms with E-state index >= 15 is 0 Å². The number of aliphatic hydroxyl groups excluding tert-OH is 1. The molecule has 0 aromatic heterocycles. The topological polar surface area (TPSA) is 128 Å². The summed E-state index contributed by atoms with van der Waals surface area (Å²) in [7, 11) is 3.01. The number of rotatable bonds is 10. The number of carbonyl (C=O) groups is 2. The molecule has 1 amide bonds. The molecule has 1 saturated heterocycles. The predicted molar refractivity (Wildman–Crippen MR) is 127 cm³/mol. The second-order valence-corrected chi connectivity index (χ2v) is 8.22. The van der Waals surface area contributed by atoms with Gasteiger partial charge in [0.15, 0.2) is 11.5 Å². The summed E-state index contributed by atoms with van der Waals surface area (Å²) in [6, 6.07) is 9.36. The maximum absolute atomic E-state index is 13.1. The quantitative estimate of drug-likeness (QED) is 0.134. The van der Waals surface area contributed by atoms with Crippen molar-refractivity contribution in [2.75, 3.05) is 27.4 Å². The summed E-state index contributed by atoms with van der Waals surface area (Å²) in [4.78, 5) is 38.1. The van der Waals surface area contributed by atoms with E-state index in [0.717, 1.165) is 6.07 Å². The van der Waals surface area contributed by atoms with Crippen LogP contribution in [0, 0.1) is 10.1 Å². The molecule has 0 radical (unpaired) electrons. The largest absolute Gasteiger partial charge is 0.507 e. The standard InChI is InChI=1S/C25H28N2O8/c1-15(2)35-19-10-9-16(14-20(19)34-4)22-21(24(29)25(30)26(22)11-6-12-33-3)23(28)17-7-5-8-18(13-17)27(31)32/h5,7-10,13-15,22,28H,6,11-12H2,1-4H3/b23-21+. The van der Waals surface area contributed by atoms with Crippen molar-refractivity contribution < 1.29 is 33.8 Å². The summed E-state index contributed by atoms with van der Waals surface area (Å²) in [5.74, 6) is -1.26. The summed E-state index contributed by atoms with van der Waals surface area (Å²) >= 11 is 0. The van der Waals surface area contributed by atoms with Gasteiger partial charge in [0.25, 0.3) is 17.4 Å². The van der Waals surface area contributed by atoms with E-state index in [1.807, 2.05) is 13.8 Å². The molecule has 10 nitrogen and oxygen atoms in total. The van der Waals surface area contributed by atoms with E-state index in [1.165, 1.54) is 37.3 Å². The van der Waals surface area contributed by atoms with Crippen molar-refractivity contribution >= 4 is 23.1 Å².